The van der Waals surface area contributed by atoms with Crippen molar-refractivity contribution in [1.82, 2.24) is 4.90 Å². The van der Waals surface area contributed by atoms with Gasteiger partial charge in [-0.2, -0.15) is 0 Å². The van der Waals surface area contributed by atoms with E-state index >= 15 is 0 Å². The van der Waals surface area contributed by atoms with Gasteiger partial charge in [-0.15, -0.1) is 0 Å². The minimum atomic E-state index is -0.344. The number of nitrogens with zero attached hydrogens (tertiary/aromatic N) is 1. The molecular formula is C15H17NO3. The highest BCUT2D eigenvalue weighted by Crippen LogP contribution is 2.38. The van der Waals surface area contributed by atoms with Crippen LogP contribution >= 0.6 is 0 Å². The molecule has 3 atom stereocenters. The molecule has 3 rings (SSSR count). The van der Waals surface area contributed by atoms with Crippen molar-refractivity contribution in [3.05, 3.63) is 35.9 Å². The average Bonchev–Trinajstić information content (AvgIpc) is 2.90. The number of benzene rings is 1. The van der Waals surface area contributed by atoms with Crippen molar-refractivity contribution < 1.29 is 14.3 Å². The fourth-order valence-corrected chi connectivity index (χ4v) is 3.29. The molecule has 2 fully saturated rings. The third kappa shape index (κ3) is 2.06. The topological polar surface area (TPSA) is 46.6 Å². The molecule has 4 heteroatoms. The number of cyclic esters (lactones) is 2. The predicted octanol–water partition coefficient (Wildman–Crippen LogP) is 1.60. The summed E-state index contributed by atoms with van der Waals surface area (Å²) in [5.74, 6) is -1.20. The summed E-state index contributed by atoms with van der Waals surface area (Å²) >= 11 is 0. The molecule has 2 saturated heterocycles. The monoisotopic (exact) mass is 259 g/mol. The van der Waals surface area contributed by atoms with E-state index in [1.807, 2.05) is 18.2 Å². The van der Waals surface area contributed by atoms with Crippen LogP contribution in [-0.2, 0) is 20.9 Å². The van der Waals surface area contributed by atoms with Crippen molar-refractivity contribution in [2.75, 3.05) is 6.54 Å². The standard InChI is InChI=1S/C15H17NO3/c1-2-12-13-11(14(17)19-15(13)18)9-16(12)8-10-6-4-3-5-7-10/h3-7,11-13H,2,8-9H2,1H3. The number of fused-ring (bicyclic) bond motifs is 1. The Kier molecular flexibility index (Phi) is 3.11. The summed E-state index contributed by atoms with van der Waals surface area (Å²) < 4.78 is 4.75. The second kappa shape index (κ2) is 4.78. The third-order valence-corrected chi connectivity index (χ3v) is 4.17. The van der Waals surface area contributed by atoms with E-state index in [2.05, 4.69) is 24.0 Å². The molecule has 0 bridgehead atoms. The Bertz CT molecular complexity index is 499. The molecule has 0 radical (unpaired) electrons. The van der Waals surface area contributed by atoms with Gasteiger partial charge >= 0.3 is 11.9 Å². The fourth-order valence-electron chi connectivity index (χ4n) is 3.29. The van der Waals surface area contributed by atoms with Gasteiger partial charge in [-0.05, 0) is 12.0 Å². The van der Waals surface area contributed by atoms with Crippen LogP contribution in [0.2, 0.25) is 0 Å². The van der Waals surface area contributed by atoms with Gasteiger partial charge < -0.3 is 4.74 Å². The van der Waals surface area contributed by atoms with E-state index in [1.165, 1.54) is 5.56 Å². The van der Waals surface area contributed by atoms with Crippen LogP contribution in [0.4, 0.5) is 0 Å². The zero-order valence-electron chi connectivity index (χ0n) is 10.9. The number of ether oxygens (including phenoxy) is 1. The molecule has 0 aromatic heterocycles. The van der Waals surface area contributed by atoms with Crippen molar-refractivity contribution >= 4 is 11.9 Å². The zero-order valence-corrected chi connectivity index (χ0v) is 10.9. The number of carbonyl (C=O) groups excluding carboxylic acids is 2. The molecule has 19 heavy (non-hydrogen) atoms. The van der Waals surface area contributed by atoms with Crippen LogP contribution in [0.3, 0.4) is 0 Å². The quantitative estimate of drug-likeness (QED) is 0.611. The molecule has 0 saturated carbocycles. The maximum atomic E-state index is 11.8. The Balaban J connectivity index is 1.80. The molecule has 0 amide bonds. The van der Waals surface area contributed by atoms with E-state index in [9.17, 15) is 9.59 Å². The summed E-state index contributed by atoms with van der Waals surface area (Å²) in [4.78, 5) is 25.7. The van der Waals surface area contributed by atoms with E-state index in [-0.39, 0.29) is 29.8 Å². The molecule has 1 aromatic rings. The van der Waals surface area contributed by atoms with Gasteiger partial charge in [-0.1, -0.05) is 37.3 Å². The summed E-state index contributed by atoms with van der Waals surface area (Å²) in [6.07, 6.45) is 0.858. The molecule has 2 heterocycles. The molecular weight excluding hydrogens is 242 g/mol. The highest BCUT2D eigenvalue weighted by molar-refractivity contribution is 5.97. The van der Waals surface area contributed by atoms with Crippen molar-refractivity contribution in [1.29, 1.82) is 0 Å². The van der Waals surface area contributed by atoms with Crippen LogP contribution in [0.25, 0.3) is 0 Å². The lowest BCUT2D eigenvalue weighted by Crippen LogP contribution is -2.34. The maximum Gasteiger partial charge on any atom is 0.319 e. The van der Waals surface area contributed by atoms with E-state index in [4.69, 9.17) is 4.74 Å². The van der Waals surface area contributed by atoms with E-state index in [1.54, 1.807) is 0 Å². The number of carbonyl (C=O) groups is 2. The summed E-state index contributed by atoms with van der Waals surface area (Å²) in [7, 11) is 0. The number of likely N-dealkylation sites (tertiary alicyclic amines) is 1. The van der Waals surface area contributed by atoms with Gasteiger partial charge in [-0.25, -0.2) is 0 Å². The maximum absolute atomic E-state index is 11.8. The van der Waals surface area contributed by atoms with E-state index in [0.29, 0.717) is 6.54 Å². The van der Waals surface area contributed by atoms with E-state index in [0.717, 1.165) is 13.0 Å². The first-order chi connectivity index (χ1) is 9.20. The normalized spacial score (nSPS) is 30.5. The molecule has 3 unspecified atom stereocenters. The second-order valence-corrected chi connectivity index (χ2v) is 5.26. The molecule has 0 aliphatic carbocycles. The average molecular weight is 259 g/mol. The molecule has 1 aromatic carbocycles. The summed E-state index contributed by atoms with van der Waals surface area (Å²) in [5, 5.41) is 0. The number of esters is 2. The highest BCUT2D eigenvalue weighted by Gasteiger charge is 2.54. The molecule has 100 valence electrons. The lowest BCUT2D eigenvalue weighted by atomic mass is 9.92. The van der Waals surface area contributed by atoms with Crippen molar-refractivity contribution in [2.24, 2.45) is 11.8 Å². The number of rotatable bonds is 3. The summed E-state index contributed by atoms with van der Waals surface area (Å²) in [6, 6.07) is 10.3. The third-order valence-electron chi connectivity index (χ3n) is 4.17. The van der Waals surface area contributed by atoms with Crippen LogP contribution < -0.4 is 0 Å². The summed E-state index contributed by atoms with van der Waals surface area (Å²) in [6.45, 7) is 3.47. The van der Waals surface area contributed by atoms with Crippen LogP contribution in [0.5, 0.6) is 0 Å². The fraction of sp³-hybridized carbons (Fsp3) is 0.467. The van der Waals surface area contributed by atoms with Gasteiger partial charge in [0.1, 0.15) is 0 Å². The molecule has 2 aliphatic rings. The Morgan fingerprint density at radius 3 is 2.63 bits per heavy atom. The van der Waals surface area contributed by atoms with Gasteiger partial charge in [0.15, 0.2) is 0 Å². The van der Waals surface area contributed by atoms with Crippen molar-refractivity contribution in [3.63, 3.8) is 0 Å². The zero-order chi connectivity index (χ0) is 13.4. The number of hydrogen-bond donors (Lipinski definition) is 0. The van der Waals surface area contributed by atoms with Gasteiger partial charge in [0.05, 0.1) is 11.8 Å². The van der Waals surface area contributed by atoms with Crippen molar-refractivity contribution in [3.8, 4) is 0 Å². The molecule has 0 spiro atoms. The predicted molar refractivity (Wildman–Crippen MR) is 69.0 cm³/mol. The highest BCUT2D eigenvalue weighted by atomic mass is 16.6. The van der Waals surface area contributed by atoms with Crippen LogP contribution in [-0.4, -0.2) is 29.4 Å². The molecule has 2 aliphatic heterocycles. The van der Waals surface area contributed by atoms with Crippen LogP contribution in [0.1, 0.15) is 18.9 Å². The smallest absolute Gasteiger partial charge is 0.319 e. The molecule has 4 nitrogen and oxygen atoms in total. The minimum absolute atomic E-state index is 0.115. The summed E-state index contributed by atoms with van der Waals surface area (Å²) in [5.41, 5.74) is 1.21. The first-order valence-electron chi connectivity index (χ1n) is 6.74. The lowest BCUT2D eigenvalue weighted by Gasteiger charge is -2.25. The first-order valence-corrected chi connectivity index (χ1v) is 6.74. The van der Waals surface area contributed by atoms with Gasteiger partial charge in [0, 0.05) is 19.1 Å². The van der Waals surface area contributed by atoms with Crippen LogP contribution in [0, 0.1) is 11.8 Å². The lowest BCUT2D eigenvalue weighted by molar-refractivity contribution is -0.155. The Labute approximate surface area is 112 Å². The Hall–Kier alpha value is -1.68. The second-order valence-electron chi connectivity index (χ2n) is 5.26. The van der Waals surface area contributed by atoms with Gasteiger partial charge in [0.2, 0.25) is 0 Å². The van der Waals surface area contributed by atoms with Crippen molar-refractivity contribution in [2.45, 2.75) is 25.9 Å². The van der Waals surface area contributed by atoms with Gasteiger partial charge in [0.25, 0.3) is 0 Å². The molecule has 0 N–H and O–H groups in total. The SMILES string of the molecule is CCC1C2C(=O)OC(=O)C2CN1Cc1ccccc1. The van der Waals surface area contributed by atoms with E-state index < -0.39 is 0 Å². The Morgan fingerprint density at radius 1 is 1.21 bits per heavy atom. The largest absolute Gasteiger partial charge is 0.393 e. The van der Waals surface area contributed by atoms with Gasteiger partial charge in [-0.3, -0.25) is 14.5 Å². The first kappa shape index (κ1) is 12.4. The minimum Gasteiger partial charge on any atom is -0.393 e. The Morgan fingerprint density at radius 2 is 1.95 bits per heavy atom. The number of hydrogen-bond acceptors (Lipinski definition) is 4. The van der Waals surface area contributed by atoms with Crippen LogP contribution in [0.15, 0.2) is 30.3 Å².